The molecule has 3 aromatic rings. The maximum atomic E-state index is 11.7. The summed E-state index contributed by atoms with van der Waals surface area (Å²) in [5, 5.41) is 0. The monoisotopic (exact) mass is 450 g/mol. The highest BCUT2D eigenvalue weighted by Gasteiger charge is 2.20. The number of nitrogens with zero attached hydrogens (tertiary/aromatic N) is 4. The van der Waals surface area contributed by atoms with Gasteiger partial charge < -0.3 is 14.4 Å². The molecule has 0 amide bonds. The van der Waals surface area contributed by atoms with Gasteiger partial charge in [0.15, 0.2) is 0 Å². The van der Waals surface area contributed by atoms with E-state index in [1.54, 1.807) is 26.0 Å². The standard InChI is InChI=1S/C24H26N4O3S/c1-3-31-23(29)20-16-25-24(26-17-20)27-11-13-28(14-12-27)32-22-9-7-18(8-10-22)19-5-4-6-21(15-19)30-2/h4-10,15-17H,3,11-14H2,1-2H3. The zero-order valence-corrected chi connectivity index (χ0v) is 19.0. The summed E-state index contributed by atoms with van der Waals surface area (Å²) in [6.07, 6.45) is 3.07. The third-order valence-corrected chi connectivity index (χ3v) is 6.27. The van der Waals surface area contributed by atoms with Gasteiger partial charge >= 0.3 is 5.97 Å². The van der Waals surface area contributed by atoms with E-state index in [1.165, 1.54) is 22.9 Å². The Kier molecular flexibility index (Phi) is 7.24. The molecule has 166 valence electrons. The lowest BCUT2D eigenvalue weighted by Crippen LogP contribution is -2.44. The molecule has 1 saturated heterocycles. The van der Waals surface area contributed by atoms with Gasteiger partial charge in [-0.25, -0.2) is 19.1 Å². The van der Waals surface area contributed by atoms with Gasteiger partial charge in [0.05, 0.1) is 19.3 Å². The highest BCUT2D eigenvalue weighted by atomic mass is 32.2. The van der Waals surface area contributed by atoms with E-state index in [0.717, 1.165) is 37.5 Å². The normalized spacial score (nSPS) is 14.2. The number of rotatable bonds is 7. The van der Waals surface area contributed by atoms with Crippen molar-refractivity contribution >= 4 is 23.9 Å². The molecule has 0 unspecified atom stereocenters. The van der Waals surface area contributed by atoms with Gasteiger partial charge in [-0.05, 0) is 54.3 Å². The Morgan fingerprint density at radius 3 is 2.38 bits per heavy atom. The topological polar surface area (TPSA) is 67.8 Å². The molecule has 0 aliphatic carbocycles. The van der Waals surface area contributed by atoms with Crippen LogP contribution >= 0.6 is 11.9 Å². The van der Waals surface area contributed by atoms with Crippen LogP contribution in [0.5, 0.6) is 5.75 Å². The Morgan fingerprint density at radius 1 is 1.00 bits per heavy atom. The summed E-state index contributed by atoms with van der Waals surface area (Å²) in [7, 11) is 1.68. The van der Waals surface area contributed by atoms with Gasteiger partial charge in [-0.1, -0.05) is 24.3 Å². The van der Waals surface area contributed by atoms with Crippen molar-refractivity contribution < 1.29 is 14.3 Å². The molecule has 1 fully saturated rings. The van der Waals surface area contributed by atoms with Crippen LogP contribution in [-0.4, -0.2) is 60.1 Å². The number of carbonyl (C=O) groups excluding carboxylic acids is 1. The number of ether oxygens (including phenoxy) is 2. The second-order valence-corrected chi connectivity index (χ2v) is 8.43. The van der Waals surface area contributed by atoms with Crippen molar-refractivity contribution in [2.75, 3.05) is 44.8 Å². The van der Waals surface area contributed by atoms with Crippen molar-refractivity contribution in [2.24, 2.45) is 0 Å². The number of anilines is 1. The predicted molar refractivity (Wildman–Crippen MR) is 126 cm³/mol. The Bertz CT molecular complexity index is 1040. The van der Waals surface area contributed by atoms with Crippen LogP contribution < -0.4 is 9.64 Å². The molecule has 0 bridgehead atoms. The molecule has 2 aromatic carbocycles. The second kappa shape index (κ2) is 10.5. The average Bonchev–Trinajstić information content (AvgIpc) is 2.85. The molecule has 32 heavy (non-hydrogen) atoms. The lowest BCUT2D eigenvalue weighted by Gasteiger charge is -2.33. The molecule has 0 saturated carbocycles. The van der Waals surface area contributed by atoms with Crippen LogP contribution in [0.15, 0.2) is 65.8 Å². The second-order valence-electron chi connectivity index (χ2n) is 7.26. The van der Waals surface area contributed by atoms with Crippen LogP contribution in [0.25, 0.3) is 11.1 Å². The van der Waals surface area contributed by atoms with Crippen LogP contribution in [0.2, 0.25) is 0 Å². The molecule has 7 nitrogen and oxygen atoms in total. The molecule has 4 rings (SSSR count). The number of benzene rings is 2. The van der Waals surface area contributed by atoms with E-state index < -0.39 is 5.97 Å². The van der Waals surface area contributed by atoms with Crippen molar-refractivity contribution in [3.63, 3.8) is 0 Å². The SMILES string of the molecule is CCOC(=O)c1cnc(N2CCN(Sc3ccc(-c4cccc(OC)c4)cc3)CC2)nc1. The zero-order valence-electron chi connectivity index (χ0n) is 18.2. The van der Waals surface area contributed by atoms with Crippen molar-refractivity contribution in [3.8, 4) is 16.9 Å². The quantitative estimate of drug-likeness (QED) is 0.393. The first-order valence-corrected chi connectivity index (χ1v) is 11.3. The molecular weight excluding hydrogens is 424 g/mol. The Morgan fingerprint density at radius 2 is 1.72 bits per heavy atom. The van der Waals surface area contributed by atoms with Gasteiger partial charge in [0.25, 0.3) is 0 Å². The minimum atomic E-state index is -0.391. The zero-order chi connectivity index (χ0) is 22.3. The van der Waals surface area contributed by atoms with Gasteiger partial charge in [-0.3, -0.25) is 0 Å². The summed E-state index contributed by atoms with van der Waals surface area (Å²) in [4.78, 5) is 23.8. The van der Waals surface area contributed by atoms with Gasteiger partial charge in [-0.15, -0.1) is 0 Å². The third kappa shape index (κ3) is 5.38. The molecule has 0 radical (unpaired) electrons. The fourth-order valence-corrected chi connectivity index (χ4v) is 4.35. The minimum Gasteiger partial charge on any atom is -0.497 e. The summed E-state index contributed by atoms with van der Waals surface area (Å²) in [6.45, 7) is 5.56. The Hall–Kier alpha value is -3.10. The van der Waals surface area contributed by atoms with Crippen LogP contribution in [-0.2, 0) is 4.74 Å². The Balaban J connectivity index is 1.30. The lowest BCUT2D eigenvalue weighted by atomic mass is 10.1. The number of carbonyl (C=O) groups is 1. The molecule has 0 spiro atoms. The molecule has 0 atom stereocenters. The van der Waals surface area contributed by atoms with E-state index in [-0.39, 0.29) is 0 Å². The highest BCUT2D eigenvalue weighted by Crippen LogP contribution is 2.29. The number of piperazine rings is 1. The van der Waals surface area contributed by atoms with Crippen molar-refractivity contribution in [2.45, 2.75) is 11.8 Å². The van der Waals surface area contributed by atoms with E-state index in [4.69, 9.17) is 9.47 Å². The van der Waals surface area contributed by atoms with Crippen LogP contribution in [0.4, 0.5) is 5.95 Å². The number of methoxy groups -OCH3 is 1. The molecular formula is C24H26N4O3S. The fraction of sp³-hybridized carbons (Fsp3) is 0.292. The third-order valence-electron chi connectivity index (χ3n) is 5.16. The van der Waals surface area contributed by atoms with E-state index in [9.17, 15) is 4.79 Å². The van der Waals surface area contributed by atoms with Gasteiger partial charge in [0.1, 0.15) is 5.75 Å². The van der Waals surface area contributed by atoms with Gasteiger partial charge in [0, 0.05) is 43.5 Å². The highest BCUT2D eigenvalue weighted by molar-refractivity contribution is 7.97. The summed E-state index contributed by atoms with van der Waals surface area (Å²) >= 11 is 1.77. The summed E-state index contributed by atoms with van der Waals surface area (Å²) in [5.41, 5.74) is 2.69. The molecule has 1 aromatic heterocycles. The first-order chi connectivity index (χ1) is 15.7. The molecule has 8 heteroatoms. The molecule has 2 heterocycles. The van der Waals surface area contributed by atoms with E-state index >= 15 is 0 Å². The predicted octanol–water partition coefficient (Wildman–Crippen LogP) is 4.16. The number of hydrogen-bond donors (Lipinski definition) is 0. The summed E-state index contributed by atoms with van der Waals surface area (Å²) < 4.78 is 12.7. The van der Waals surface area contributed by atoms with Crippen molar-refractivity contribution in [1.82, 2.24) is 14.3 Å². The molecule has 1 aliphatic heterocycles. The first-order valence-electron chi connectivity index (χ1n) is 10.6. The average molecular weight is 451 g/mol. The Labute approximate surface area is 192 Å². The van der Waals surface area contributed by atoms with E-state index in [0.29, 0.717) is 18.1 Å². The summed E-state index contributed by atoms with van der Waals surface area (Å²) in [6, 6.07) is 16.7. The summed E-state index contributed by atoms with van der Waals surface area (Å²) in [5.74, 6) is 1.11. The fourth-order valence-electron chi connectivity index (χ4n) is 3.44. The van der Waals surface area contributed by atoms with Crippen molar-refractivity contribution in [3.05, 3.63) is 66.5 Å². The van der Waals surface area contributed by atoms with Gasteiger partial charge in [0.2, 0.25) is 5.95 Å². The van der Waals surface area contributed by atoms with E-state index in [2.05, 4.69) is 49.5 Å². The number of esters is 1. The lowest BCUT2D eigenvalue weighted by molar-refractivity contribution is 0.0525. The van der Waals surface area contributed by atoms with Crippen LogP contribution in [0.3, 0.4) is 0 Å². The minimum absolute atomic E-state index is 0.337. The van der Waals surface area contributed by atoms with Crippen LogP contribution in [0, 0.1) is 0 Å². The smallest absolute Gasteiger partial charge is 0.341 e. The number of aromatic nitrogens is 2. The number of hydrogen-bond acceptors (Lipinski definition) is 8. The molecule has 0 N–H and O–H groups in total. The first kappa shape index (κ1) is 22.1. The van der Waals surface area contributed by atoms with Crippen LogP contribution in [0.1, 0.15) is 17.3 Å². The molecule has 1 aliphatic rings. The maximum absolute atomic E-state index is 11.7. The van der Waals surface area contributed by atoms with Gasteiger partial charge in [-0.2, -0.15) is 0 Å². The maximum Gasteiger partial charge on any atom is 0.341 e. The van der Waals surface area contributed by atoms with E-state index in [1.807, 2.05) is 18.2 Å². The largest absolute Gasteiger partial charge is 0.497 e. The van der Waals surface area contributed by atoms with Crippen molar-refractivity contribution in [1.29, 1.82) is 0 Å².